The van der Waals surface area contributed by atoms with E-state index in [9.17, 15) is 0 Å². The molecule has 0 aromatic rings. The summed E-state index contributed by atoms with van der Waals surface area (Å²) >= 11 is 0. The Bertz CT molecular complexity index is 176. The van der Waals surface area contributed by atoms with Crippen LogP contribution >= 0.6 is 0 Å². The van der Waals surface area contributed by atoms with Crippen molar-refractivity contribution in [2.24, 2.45) is 9.98 Å². The largest absolute Gasteiger partial charge is 0.250 e. The third kappa shape index (κ3) is 4.97. The first-order valence-electron chi connectivity index (χ1n) is 3.10. The SMILES string of the molecule is C=C/C(C)=C/N=CN=CC. The van der Waals surface area contributed by atoms with Gasteiger partial charge >= 0.3 is 0 Å². The zero-order valence-corrected chi connectivity index (χ0v) is 6.41. The lowest BCUT2D eigenvalue weighted by atomic mass is 10.3. The molecule has 0 aromatic carbocycles. The molecule has 0 aliphatic carbocycles. The summed E-state index contributed by atoms with van der Waals surface area (Å²) in [6, 6.07) is 0. The summed E-state index contributed by atoms with van der Waals surface area (Å²) in [5.74, 6) is 0. The second-order valence-electron chi connectivity index (χ2n) is 1.75. The molecule has 0 radical (unpaired) electrons. The number of aliphatic imine (C=N–C) groups is 2. The van der Waals surface area contributed by atoms with E-state index in [-0.39, 0.29) is 0 Å². The summed E-state index contributed by atoms with van der Waals surface area (Å²) in [4.78, 5) is 7.66. The third-order valence-corrected chi connectivity index (χ3v) is 0.883. The Morgan fingerprint density at radius 2 is 2.10 bits per heavy atom. The van der Waals surface area contributed by atoms with Crippen molar-refractivity contribution in [2.45, 2.75) is 13.8 Å². The monoisotopic (exact) mass is 136 g/mol. The van der Waals surface area contributed by atoms with E-state index in [0.29, 0.717) is 0 Å². The van der Waals surface area contributed by atoms with Crippen molar-refractivity contribution >= 4 is 12.6 Å². The number of allylic oxidation sites excluding steroid dienone is 2. The van der Waals surface area contributed by atoms with Crippen LogP contribution in [-0.4, -0.2) is 12.6 Å². The molecule has 0 aromatic heterocycles. The molecule has 10 heavy (non-hydrogen) atoms. The predicted molar refractivity (Wildman–Crippen MR) is 46.6 cm³/mol. The van der Waals surface area contributed by atoms with Crippen LogP contribution in [0.1, 0.15) is 13.8 Å². The lowest BCUT2D eigenvalue weighted by molar-refractivity contribution is 1.43. The Morgan fingerprint density at radius 3 is 2.60 bits per heavy atom. The van der Waals surface area contributed by atoms with Gasteiger partial charge < -0.3 is 0 Å². The van der Waals surface area contributed by atoms with Crippen LogP contribution in [0.3, 0.4) is 0 Å². The number of nitrogens with zero attached hydrogens (tertiary/aromatic N) is 2. The molecule has 0 amide bonds. The van der Waals surface area contributed by atoms with Crippen LogP contribution in [0.15, 0.2) is 34.4 Å². The fourth-order valence-corrected chi connectivity index (χ4v) is 0.309. The van der Waals surface area contributed by atoms with Crippen molar-refractivity contribution in [1.29, 1.82) is 0 Å². The summed E-state index contributed by atoms with van der Waals surface area (Å²) in [5, 5.41) is 0. The second-order valence-corrected chi connectivity index (χ2v) is 1.75. The molecule has 0 atom stereocenters. The van der Waals surface area contributed by atoms with E-state index in [1.807, 2.05) is 13.8 Å². The van der Waals surface area contributed by atoms with E-state index in [1.165, 1.54) is 6.34 Å². The topological polar surface area (TPSA) is 24.7 Å². The molecular formula is C8H12N2. The van der Waals surface area contributed by atoms with Gasteiger partial charge in [0, 0.05) is 12.4 Å². The summed E-state index contributed by atoms with van der Waals surface area (Å²) in [5.41, 5.74) is 1.03. The van der Waals surface area contributed by atoms with Gasteiger partial charge in [0.2, 0.25) is 0 Å². The van der Waals surface area contributed by atoms with Crippen molar-refractivity contribution in [1.82, 2.24) is 0 Å². The van der Waals surface area contributed by atoms with Crippen LogP contribution in [0.2, 0.25) is 0 Å². The Labute approximate surface area is 61.7 Å². The molecular weight excluding hydrogens is 124 g/mol. The van der Waals surface area contributed by atoms with E-state index in [4.69, 9.17) is 0 Å². The molecule has 2 nitrogen and oxygen atoms in total. The van der Waals surface area contributed by atoms with Crippen LogP contribution in [-0.2, 0) is 0 Å². The molecule has 54 valence electrons. The lowest BCUT2D eigenvalue weighted by Gasteiger charge is -1.81. The fourth-order valence-electron chi connectivity index (χ4n) is 0.309. The Morgan fingerprint density at radius 1 is 1.40 bits per heavy atom. The highest BCUT2D eigenvalue weighted by atomic mass is 14.8. The molecule has 0 rings (SSSR count). The minimum Gasteiger partial charge on any atom is -0.250 e. The Hall–Kier alpha value is -1.18. The summed E-state index contributed by atoms with van der Waals surface area (Å²) in [7, 11) is 0. The highest BCUT2D eigenvalue weighted by Crippen LogP contribution is 1.90. The molecule has 0 unspecified atom stereocenters. The van der Waals surface area contributed by atoms with Crippen molar-refractivity contribution < 1.29 is 0 Å². The average molecular weight is 136 g/mol. The molecule has 0 spiro atoms. The molecule has 2 heteroatoms. The van der Waals surface area contributed by atoms with Gasteiger partial charge in [-0.05, 0) is 19.4 Å². The van der Waals surface area contributed by atoms with Crippen molar-refractivity contribution in [3.63, 3.8) is 0 Å². The van der Waals surface area contributed by atoms with Gasteiger partial charge in [0.15, 0.2) is 0 Å². The average Bonchev–Trinajstić information content (AvgIpc) is 1.98. The van der Waals surface area contributed by atoms with Crippen LogP contribution in [0.25, 0.3) is 0 Å². The molecule has 0 heterocycles. The van der Waals surface area contributed by atoms with E-state index in [1.54, 1.807) is 18.5 Å². The first-order valence-corrected chi connectivity index (χ1v) is 3.10. The fraction of sp³-hybridized carbons (Fsp3) is 0.250. The second kappa shape index (κ2) is 5.95. The van der Waals surface area contributed by atoms with Crippen LogP contribution < -0.4 is 0 Å². The van der Waals surface area contributed by atoms with Gasteiger partial charge in [-0.25, -0.2) is 9.98 Å². The highest BCUT2D eigenvalue weighted by Gasteiger charge is 1.72. The lowest BCUT2D eigenvalue weighted by Crippen LogP contribution is -1.66. The first-order chi connectivity index (χ1) is 4.81. The van der Waals surface area contributed by atoms with Gasteiger partial charge in [-0.1, -0.05) is 12.7 Å². The summed E-state index contributed by atoms with van der Waals surface area (Å²) in [6.07, 6.45) is 6.63. The zero-order valence-electron chi connectivity index (χ0n) is 6.41. The van der Waals surface area contributed by atoms with Crippen LogP contribution in [0, 0.1) is 0 Å². The van der Waals surface area contributed by atoms with Crippen molar-refractivity contribution in [3.05, 3.63) is 24.4 Å². The Balaban J connectivity index is 3.81. The van der Waals surface area contributed by atoms with Gasteiger partial charge in [0.1, 0.15) is 6.34 Å². The molecule has 0 aliphatic rings. The molecule has 0 N–H and O–H groups in total. The van der Waals surface area contributed by atoms with Crippen molar-refractivity contribution in [3.8, 4) is 0 Å². The smallest absolute Gasteiger partial charge is 0.114 e. The van der Waals surface area contributed by atoms with E-state index >= 15 is 0 Å². The van der Waals surface area contributed by atoms with E-state index < -0.39 is 0 Å². The predicted octanol–water partition coefficient (Wildman–Crippen LogP) is 2.20. The van der Waals surface area contributed by atoms with Crippen molar-refractivity contribution in [2.75, 3.05) is 0 Å². The minimum absolute atomic E-state index is 1.03. The number of hydrogen-bond donors (Lipinski definition) is 0. The highest BCUT2D eigenvalue weighted by molar-refractivity contribution is 5.70. The maximum atomic E-state index is 3.88. The number of hydrogen-bond acceptors (Lipinski definition) is 1. The maximum Gasteiger partial charge on any atom is 0.114 e. The zero-order chi connectivity index (χ0) is 7.82. The molecule has 0 saturated carbocycles. The van der Waals surface area contributed by atoms with Gasteiger partial charge in [-0.3, -0.25) is 0 Å². The summed E-state index contributed by atoms with van der Waals surface area (Å²) in [6.45, 7) is 7.35. The molecule has 0 fully saturated rings. The quantitative estimate of drug-likeness (QED) is 0.323. The van der Waals surface area contributed by atoms with Crippen LogP contribution in [0.4, 0.5) is 0 Å². The molecule has 0 aliphatic heterocycles. The third-order valence-electron chi connectivity index (χ3n) is 0.883. The van der Waals surface area contributed by atoms with Gasteiger partial charge in [-0.15, -0.1) is 0 Å². The Kier molecular flexibility index (Phi) is 5.25. The number of rotatable bonds is 3. The first kappa shape index (κ1) is 8.82. The molecule has 0 saturated heterocycles. The van der Waals surface area contributed by atoms with Gasteiger partial charge in [0.25, 0.3) is 0 Å². The van der Waals surface area contributed by atoms with Crippen LogP contribution in [0.5, 0.6) is 0 Å². The molecule has 0 bridgehead atoms. The standard InChI is InChI=1S/C8H12N2/c1-4-8(3)6-10-7-9-5-2/h4-7H,1H2,2-3H3/b8-6+,9-5?,10-7?. The van der Waals surface area contributed by atoms with E-state index in [2.05, 4.69) is 16.6 Å². The normalized spacial score (nSPS) is 13.2. The minimum atomic E-state index is 1.03. The van der Waals surface area contributed by atoms with Gasteiger partial charge in [-0.2, -0.15) is 0 Å². The summed E-state index contributed by atoms with van der Waals surface area (Å²) < 4.78 is 0. The maximum absolute atomic E-state index is 3.88. The van der Waals surface area contributed by atoms with E-state index in [0.717, 1.165) is 5.57 Å². The van der Waals surface area contributed by atoms with Gasteiger partial charge in [0.05, 0.1) is 0 Å².